The summed E-state index contributed by atoms with van der Waals surface area (Å²) in [5.74, 6) is 0. The normalized spacial score (nSPS) is 12.6. The number of fused-ring (bicyclic) bond motifs is 3. The zero-order valence-electron chi connectivity index (χ0n) is 23.9. The molecule has 0 amide bonds. The maximum absolute atomic E-state index is 7.49. The van der Waals surface area contributed by atoms with E-state index in [1.807, 2.05) is 60.7 Å². The standard InChI is InChI=1S/C21H20NOSi.C11H8N.Ir/c1-14-8-10-19(22-13-14)17-7-5-6-16-18-12-15(24(2,3)4)9-11-20(18)23-21(16)17;1-2-6-10(7-3-1)11-8-4-5-9-12-11;/h5-6,8-13H,1-4H3;1-6,8-9H;/q2*-1;/i1D3;;. The summed E-state index contributed by atoms with van der Waals surface area (Å²) in [4.78, 5) is 8.57. The van der Waals surface area contributed by atoms with Crippen molar-refractivity contribution in [2.45, 2.75) is 26.5 Å². The predicted molar refractivity (Wildman–Crippen MR) is 152 cm³/mol. The van der Waals surface area contributed by atoms with Crippen molar-refractivity contribution in [2.75, 3.05) is 0 Å². The van der Waals surface area contributed by atoms with Gasteiger partial charge in [-0.3, -0.25) is 0 Å². The number of pyridine rings is 2. The van der Waals surface area contributed by atoms with Crippen molar-refractivity contribution in [1.82, 2.24) is 9.97 Å². The summed E-state index contributed by atoms with van der Waals surface area (Å²) >= 11 is 0. The molecule has 187 valence electrons. The number of rotatable bonds is 3. The Morgan fingerprint density at radius 1 is 0.811 bits per heavy atom. The molecule has 0 N–H and O–H groups in total. The van der Waals surface area contributed by atoms with Crippen molar-refractivity contribution >= 4 is 35.2 Å². The summed E-state index contributed by atoms with van der Waals surface area (Å²) in [7, 11) is -1.43. The van der Waals surface area contributed by atoms with Crippen LogP contribution in [0.2, 0.25) is 19.6 Å². The van der Waals surface area contributed by atoms with Crippen LogP contribution in [0.15, 0.2) is 102 Å². The third-order valence-electron chi connectivity index (χ3n) is 5.97. The first-order valence-electron chi connectivity index (χ1n) is 13.3. The van der Waals surface area contributed by atoms with Crippen molar-refractivity contribution in [3.63, 3.8) is 0 Å². The van der Waals surface area contributed by atoms with Crippen molar-refractivity contribution in [1.29, 1.82) is 0 Å². The molecule has 0 bridgehead atoms. The van der Waals surface area contributed by atoms with Crippen LogP contribution in [0.5, 0.6) is 0 Å². The van der Waals surface area contributed by atoms with E-state index < -0.39 is 14.9 Å². The first kappa shape index (κ1) is 22.8. The van der Waals surface area contributed by atoms with Gasteiger partial charge in [-0.05, 0) is 35.9 Å². The number of nitrogens with zero attached hydrogens (tertiary/aromatic N) is 2. The van der Waals surface area contributed by atoms with Gasteiger partial charge in [-0.25, -0.2) is 0 Å². The van der Waals surface area contributed by atoms with Gasteiger partial charge in [-0.1, -0.05) is 72.2 Å². The van der Waals surface area contributed by atoms with E-state index in [1.54, 1.807) is 18.3 Å². The fourth-order valence-corrected chi connectivity index (χ4v) is 5.18. The average molecular weight is 680 g/mol. The van der Waals surface area contributed by atoms with Gasteiger partial charge in [0.2, 0.25) is 0 Å². The number of benzene rings is 3. The molecule has 6 aromatic rings. The third kappa shape index (κ3) is 5.96. The Labute approximate surface area is 237 Å². The van der Waals surface area contributed by atoms with Gasteiger partial charge in [-0.15, -0.1) is 54.1 Å². The van der Waals surface area contributed by atoms with E-state index in [0.29, 0.717) is 5.69 Å². The zero-order valence-corrected chi connectivity index (χ0v) is 24.3. The second kappa shape index (κ2) is 11.3. The topological polar surface area (TPSA) is 38.9 Å². The Kier molecular flexibility index (Phi) is 6.99. The largest absolute Gasteiger partial charge is 0.501 e. The maximum Gasteiger partial charge on any atom is 0.120 e. The average Bonchev–Trinajstić information content (AvgIpc) is 3.32. The van der Waals surface area contributed by atoms with Gasteiger partial charge in [0.15, 0.2) is 0 Å². The van der Waals surface area contributed by atoms with E-state index in [0.717, 1.165) is 38.8 Å². The Balaban J connectivity index is 0.000000238. The van der Waals surface area contributed by atoms with E-state index in [-0.39, 0.29) is 25.7 Å². The molecule has 0 aliphatic rings. The molecule has 3 heterocycles. The number of hydrogen-bond donors (Lipinski definition) is 0. The Morgan fingerprint density at radius 3 is 2.35 bits per heavy atom. The Morgan fingerprint density at radius 2 is 1.68 bits per heavy atom. The van der Waals surface area contributed by atoms with Crippen LogP contribution in [0.25, 0.3) is 44.5 Å². The van der Waals surface area contributed by atoms with Gasteiger partial charge in [0.25, 0.3) is 0 Å². The van der Waals surface area contributed by atoms with Gasteiger partial charge in [0.05, 0.1) is 13.7 Å². The summed E-state index contributed by atoms with van der Waals surface area (Å²) in [5.41, 5.74) is 5.20. The van der Waals surface area contributed by atoms with Crippen molar-refractivity contribution in [3.8, 4) is 22.5 Å². The Hall–Kier alpha value is -3.37. The summed E-state index contributed by atoms with van der Waals surface area (Å²) in [6.07, 6.45) is 3.19. The van der Waals surface area contributed by atoms with Gasteiger partial charge < -0.3 is 14.4 Å². The first-order valence-corrected chi connectivity index (χ1v) is 15.3. The van der Waals surface area contributed by atoms with Crippen LogP contribution in [0, 0.1) is 19.0 Å². The summed E-state index contributed by atoms with van der Waals surface area (Å²) in [6, 6.07) is 33.6. The monoisotopic (exact) mass is 680 g/mol. The molecule has 0 atom stereocenters. The van der Waals surface area contributed by atoms with Crippen LogP contribution >= 0.6 is 0 Å². The molecule has 0 aliphatic carbocycles. The van der Waals surface area contributed by atoms with E-state index in [1.165, 1.54) is 11.4 Å². The molecule has 3 aromatic carbocycles. The summed E-state index contributed by atoms with van der Waals surface area (Å²) in [6.45, 7) is 4.82. The fourth-order valence-electron chi connectivity index (χ4n) is 4.02. The van der Waals surface area contributed by atoms with Crippen LogP contribution in [0.1, 0.15) is 9.68 Å². The predicted octanol–water partition coefficient (Wildman–Crippen LogP) is 7.85. The van der Waals surface area contributed by atoms with Crippen molar-refractivity contribution < 1.29 is 28.6 Å². The Bertz CT molecular complexity index is 1680. The number of aryl methyl sites for hydroxylation is 1. The summed E-state index contributed by atoms with van der Waals surface area (Å²) < 4.78 is 28.6. The van der Waals surface area contributed by atoms with E-state index in [4.69, 9.17) is 8.53 Å². The molecule has 0 fully saturated rings. The van der Waals surface area contributed by atoms with Crippen LogP contribution < -0.4 is 5.19 Å². The molecular weight excluding hydrogens is 649 g/mol. The van der Waals surface area contributed by atoms with E-state index in [2.05, 4.69) is 53.9 Å². The molecule has 37 heavy (non-hydrogen) atoms. The number of aromatic nitrogens is 2. The molecule has 0 saturated carbocycles. The number of furan rings is 1. The minimum Gasteiger partial charge on any atom is -0.501 e. The molecule has 0 spiro atoms. The molecule has 3 aromatic heterocycles. The second-order valence-electron chi connectivity index (χ2n) is 9.58. The zero-order chi connectivity index (χ0) is 27.6. The fraction of sp³-hybridized carbons (Fsp3) is 0.125. The molecule has 0 aliphatic heterocycles. The molecule has 5 heteroatoms. The van der Waals surface area contributed by atoms with Crippen LogP contribution in [-0.2, 0) is 20.1 Å². The molecule has 3 nitrogen and oxygen atoms in total. The van der Waals surface area contributed by atoms with Crippen molar-refractivity contribution in [2.24, 2.45) is 0 Å². The molecule has 6 rings (SSSR count). The maximum atomic E-state index is 7.49. The third-order valence-corrected chi connectivity index (χ3v) is 8.01. The van der Waals surface area contributed by atoms with Crippen LogP contribution in [0.4, 0.5) is 0 Å². The number of hydrogen-bond acceptors (Lipinski definition) is 3. The van der Waals surface area contributed by atoms with Gasteiger partial charge >= 0.3 is 0 Å². The smallest absolute Gasteiger partial charge is 0.120 e. The SMILES string of the molecule is [2H]C([2H])([2H])c1ccc(-c2[c-]ccc3c2oc2ccc([Si](C)(C)C)cc23)nc1.[Ir].[c-]1ccccc1-c1ccccn1. The van der Waals surface area contributed by atoms with E-state index in [9.17, 15) is 0 Å². The molecule has 0 saturated heterocycles. The molecule has 0 unspecified atom stereocenters. The molecular formula is C32H28IrN2OSi-2. The van der Waals surface area contributed by atoms with Gasteiger partial charge in [-0.2, -0.15) is 0 Å². The van der Waals surface area contributed by atoms with E-state index >= 15 is 0 Å². The quantitative estimate of drug-likeness (QED) is 0.141. The summed E-state index contributed by atoms with van der Waals surface area (Å²) in [5, 5.41) is 3.51. The second-order valence-corrected chi connectivity index (χ2v) is 14.7. The molecule has 1 radical (unpaired) electrons. The first-order chi connectivity index (χ1) is 18.6. The van der Waals surface area contributed by atoms with Crippen molar-refractivity contribution in [3.05, 3.63) is 115 Å². The minimum atomic E-state index is -2.16. The van der Waals surface area contributed by atoms with Crippen LogP contribution in [-0.4, -0.2) is 18.0 Å². The minimum absolute atomic E-state index is 0. The van der Waals surface area contributed by atoms with Gasteiger partial charge in [0.1, 0.15) is 5.58 Å². The van der Waals surface area contributed by atoms with Gasteiger partial charge in [0, 0.05) is 42.0 Å². The van der Waals surface area contributed by atoms with Crippen LogP contribution in [0.3, 0.4) is 0 Å².